The number of hydrogen-bond donors (Lipinski definition) is 3. The fourth-order valence-electron chi connectivity index (χ4n) is 2.45. The Labute approximate surface area is 109 Å². The quantitative estimate of drug-likeness (QED) is 0.668. The highest BCUT2D eigenvalue weighted by Gasteiger charge is 2.26. The zero-order valence-corrected chi connectivity index (χ0v) is 11.3. The molecule has 0 saturated heterocycles. The molecule has 0 radical (unpaired) electrons. The first-order chi connectivity index (χ1) is 8.40. The zero-order chi connectivity index (χ0) is 13.7. The maximum Gasteiger partial charge on any atom is 0.237 e. The van der Waals surface area contributed by atoms with E-state index in [2.05, 4.69) is 5.32 Å². The van der Waals surface area contributed by atoms with Crippen LogP contribution in [-0.4, -0.2) is 23.9 Å². The SMILES string of the molecule is CC(C)CC(N)C(=O)NC1CCC(C(N)=O)CC1. The molecule has 0 aromatic heterocycles. The van der Waals surface area contributed by atoms with E-state index in [9.17, 15) is 9.59 Å². The van der Waals surface area contributed by atoms with E-state index in [1.54, 1.807) is 0 Å². The largest absolute Gasteiger partial charge is 0.369 e. The summed E-state index contributed by atoms with van der Waals surface area (Å²) in [6.07, 6.45) is 3.85. The first kappa shape index (κ1) is 15.0. The Balaban J connectivity index is 2.32. The molecule has 0 heterocycles. The van der Waals surface area contributed by atoms with E-state index in [1.807, 2.05) is 13.8 Å². The first-order valence-corrected chi connectivity index (χ1v) is 6.75. The third kappa shape index (κ3) is 4.64. The average molecular weight is 255 g/mol. The lowest BCUT2D eigenvalue weighted by molar-refractivity contribution is -0.124. The summed E-state index contributed by atoms with van der Waals surface area (Å²) in [4.78, 5) is 22.9. The zero-order valence-electron chi connectivity index (χ0n) is 11.3. The molecule has 1 saturated carbocycles. The van der Waals surface area contributed by atoms with Crippen LogP contribution in [0.4, 0.5) is 0 Å². The van der Waals surface area contributed by atoms with Gasteiger partial charge in [-0.15, -0.1) is 0 Å². The Morgan fingerprint density at radius 3 is 2.22 bits per heavy atom. The number of primary amides is 1. The van der Waals surface area contributed by atoms with Crippen molar-refractivity contribution in [1.29, 1.82) is 0 Å². The van der Waals surface area contributed by atoms with Crippen LogP contribution < -0.4 is 16.8 Å². The molecule has 18 heavy (non-hydrogen) atoms. The van der Waals surface area contributed by atoms with Crippen LogP contribution in [0.3, 0.4) is 0 Å². The monoisotopic (exact) mass is 255 g/mol. The van der Waals surface area contributed by atoms with Crippen LogP contribution in [0.1, 0.15) is 46.0 Å². The topological polar surface area (TPSA) is 98.2 Å². The molecule has 0 bridgehead atoms. The average Bonchev–Trinajstić information content (AvgIpc) is 2.28. The second-order valence-electron chi connectivity index (χ2n) is 5.70. The van der Waals surface area contributed by atoms with Crippen molar-refractivity contribution < 1.29 is 9.59 Å². The minimum absolute atomic E-state index is 0.0255. The third-order valence-corrected chi connectivity index (χ3v) is 3.54. The Bertz CT molecular complexity index is 297. The molecule has 5 N–H and O–H groups in total. The van der Waals surface area contributed by atoms with Gasteiger partial charge in [-0.05, 0) is 38.0 Å². The summed E-state index contributed by atoms with van der Waals surface area (Å²) in [6.45, 7) is 4.09. The van der Waals surface area contributed by atoms with Gasteiger partial charge in [-0.2, -0.15) is 0 Å². The Kier molecular flexibility index (Phi) is 5.59. The van der Waals surface area contributed by atoms with Crippen LogP contribution in [0.5, 0.6) is 0 Å². The van der Waals surface area contributed by atoms with E-state index in [0.29, 0.717) is 12.3 Å². The molecule has 1 fully saturated rings. The molecule has 104 valence electrons. The van der Waals surface area contributed by atoms with E-state index in [-0.39, 0.29) is 23.8 Å². The lowest BCUT2D eigenvalue weighted by Gasteiger charge is -2.28. The van der Waals surface area contributed by atoms with E-state index in [0.717, 1.165) is 25.7 Å². The van der Waals surface area contributed by atoms with Crippen LogP contribution in [0.25, 0.3) is 0 Å². The first-order valence-electron chi connectivity index (χ1n) is 6.75. The van der Waals surface area contributed by atoms with Crippen molar-refractivity contribution in [3.63, 3.8) is 0 Å². The van der Waals surface area contributed by atoms with Gasteiger partial charge < -0.3 is 16.8 Å². The molecule has 1 aliphatic carbocycles. The van der Waals surface area contributed by atoms with Crippen molar-refractivity contribution in [3.05, 3.63) is 0 Å². The molecule has 1 aliphatic rings. The van der Waals surface area contributed by atoms with Crippen molar-refractivity contribution in [2.24, 2.45) is 23.3 Å². The van der Waals surface area contributed by atoms with Crippen LogP contribution >= 0.6 is 0 Å². The number of amides is 2. The number of carbonyl (C=O) groups excluding carboxylic acids is 2. The highest BCUT2D eigenvalue weighted by atomic mass is 16.2. The molecular formula is C13H25N3O2. The Hall–Kier alpha value is -1.10. The Morgan fingerprint density at radius 2 is 1.78 bits per heavy atom. The summed E-state index contributed by atoms with van der Waals surface area (Å²) < 4.78 is 0. The normalized spacial score (nSPS) is 25.8. The van der Waals surface area contributed by atoms with Crippen molar-refractivity contribution in [3.8, 4) is 0 Å². The van der Waals surface area contributed by atoms with E-state index in [4.69, 9.17) is 11.5 Å². The maximum atomic E-state index is 11.8. The molecule has 0 aromatic rings. The van der Waals surface area contributed by atoms with E-state index in [1.165, 1.54) is 0 Å². The fraction of sp³-hybridized carbons (Fsp3) is 0.846. The summed E-state index contributed by atoms with van der Waals surface area (Å²) in [5, 5.41) is 2.97. The second kappa shape index (κ2) is 6.73. The van der Waals surface area contributed by atoms with Gasteiger partial charge in [-0.1, -0.05) is 13.8 Å². The number of hydrogen-bond acceptors (Lipinski definition) is 3. The minimum Gasteiger partial charge on any atom is -0.369 e. The van der Waals surface area contributed by atoms with Gasteiger partial charge in [-0.3, -0.25) is 9.59 Å². The summed E-state index contributed by atoms with van der Waals surface area (Å²) in [7, 11) is 0. The highest BCUT2D eigenvalue weighted by Crippen LogP contribution is 2.23. The smallest absolute Gasteiger partial charge is 0.237 e. The van der Waals surface area contributed by atoms with Crippen molar-refractivity contribution in [1.82, 2.24) is 5.32 Å². The van der Waals surface area contributed by atoms with Gasteiger partial charge >= 0.3 is 0 Å². The predicted octanol–water partition coefficient (Wildman–Crippen LogP) is 0.520. The van der Waals surface area contributed by atoms with Gasteiger partial charge in [0.15, 0.2) is 0 Å². The van der Waals surface area contributed by atoms with Crippen molar-refractivity contribution in [2.45, 2.75) is 58.0 Å². The van der Waals surface area contributed by atoms with E-state index < -0.39 is 6.04 Å². The molecule has 1 rings (SSSR count). The number of carbonyl (C=O) groups is 2. The van der Waals surface area contributed by atoms with Crippen LogP contribution in [0, 0.1) is 11.8 Å². The minimum atomic E-state index is -0.432. The molecule has 0 spiro atoms. The molecule has 2 amide bonds. The molecule has 0 aliphatic heterocycles. The third-order valence-electron chi connectivity index (χ3n) is 3.54. The fourth-order valence-corrected chi connectivity index (χ4v) is 2.45. The molecule has 5 nitrogen and oxygen atoms in total. The van der Waals surface area contributed by atoms with Gasteiger partial charge in [-0.25, -0.2) is 0 Å². The van der Waals surface area contributed by atoms with Gasteiger partial charge in [0.2, 0.25) is 11.8 Å². The summed E-state index contributed by atoms with van der Waals surface area (Å²) >= 11 is 0. The number of nitrogens with one attached hydrogen (secondary N) is 1. The summed E-state index contributed by atoms with van der Waals surface area (Å²) in [6, 6.07) is -0.287. The van der Waals surface area contributed by atoms with Crippen LogP contribution in [0.15, 0.2) is 0 Å². The number of nitrogens with two attached hydrogens (primary N) is 2. The molecule has 0 aromatic carbocycles. The van der Waals surface area contributed by atoms with Gasteiger partial charge in [0, 0.05) is 12.0 Å². The second-order valence-corrected chi connectivity index (χ2v) is 5.70. The number of rotatable bonds is 5. The molecule has 5 heteroatoms. The maximum absolute atomic E-state index is 11.8. The predicted molar refractivity (Wildman–Crippen MR) is 70.5 cm³/mol. The van der Waals surface area contributed by atoms with Crippen LogP contribution in [-0.2, 0) is 9.59 Å². The summed E-state index contributed by atoms with van der Waals surface area (Å²) in [5.41, 5.74) is 11.1. The highest BCUT2D eigenvalue weighted by molar-refractivity contribution is 5.81. The van der Waals surface area contributed by atoms with Gasteiger partial charge in [0.25, 0.3) is 0 Å². The Morgan fingerprint density at radius 1 is 1.22 bits per heavy atom. The van der Waals surface area contributed by atoms with Crippen molar-refractivity contribution in [2.75, 3.05) is 0 Å². The molecule has 1 atom stereocenters. The molecule has 1 unspecified atom stereocenters. The van der Waals surface area contributed by atoms with Crippen LogP contribution in [0.2, 0.25) is 0 Å². The molecular weight excluding hydrogens is 230 g/mol. The standard InChI is InChI=1S/C13H25N3O2/c1-8(2)7-11(14)13(18)16-10-5-3-9(4-6-10)12(15)17/h8-11H,3-7,14H2,1-2H3,(H2,15,17)(H,16,18). The van der Waals surface area contributed by atoms with Gasteiger partial charge in [0.1, 0.15) is 0 Å². The van der Waals surface area contributed by atoms with Gasteiger partial charge in [0.05, 0.1) is 6.04 Å². The van der Waals surface area contributed by atoms with E-state index >= 15 is 0 Å². The lowest BCUT2D eigenvalue weighted by Crippen LogP contribution is -2.47. The van der Waals surface area contributed by atoms with Crippen molar-refractivity contribution >= 4 is 11.8 Å². The summed E-state index contributed by atoms with van der Waals surface area (Å²) in [5.74, 6) is 0.0846. The lowest BCUT2D eigenvalue weighted by atomic mass is 9.85.